The van der Waals surface area contributed by atoms with Gasteiger partial charge in [0, 0.05) is 11.6 Å². The number of benzene rings is 3. The van der Waals surface area contributed by atoms with E-state index in [-0.39, 0.29) is 21.2 Å². The summed E-state index contributed by atoms with van der Waals surface area (Å²) in [5.41, 5.74) is -4.80. The summed E-state index contributed by atoms with van der Waals surface area (Å²) in [5, 5.41) is 4.43. The van der Waals surface area contributed by atoms with Crippen LogP contribution in [0, 0.1) is 36.1 Å². The zero-order valence-corrected chi connectivity index (χ0v) is 30.0. The van der Waals surface area contributed by atoms with E-state index in [0.717, 1.165) is 18.2 Å². The van der Waals surface area contributed by atoms with Gasteiger partial charge in [0.15, 0.2) is 11.6 Å². The van der Waals surface area contributed by atoms with Crippen LogP contribution >= 0.6 is 34.8 Å². The molecule has 3 aromatic rings. The third-order valence-electron chi connectivity index (χ3n) is 7.10. The van der Waals surface area contributed by atoms with E-state index in [1.165, 1.54) is 66.7 Å². The molecule has 4 amide bonds. The van der Waals surface area contributed by atoms with Gasteiger partial charge in [-0.15, -0.1) is 23.2 Å². The van der Waals surface area contributed by atoms with E-state index in [2.05, 4.69) is 10.6 Å². The Morgan fingerprint density at radius 1 is 0.800 bits per heavy atom. The average Bonchev–Trinajstić information content (AvgIpc) is 3.55. The highest BCUT2D eigenvalue weighted by atomic mass is 35.5. The van der Waals surface area contributed by atoms with Crippen LogP contribution in [0.1, 0.15) is 68.9 Å². The van der Waals surface area contributed by atoms with Crippen molar-refractivity contribution < 1.29 is 46.2 Å². The van der Waals surface area contributed by atoms with E-state index in [0.29, 0.717) is 11.6 Å². The molecule has 50 heavy (non-hydrogen) atoms. The lowest BCUT2D eigenvalue weighted by atomic mass is 10.1. The minimum absolute atomic E-state index is 0.0104. The number of ether oxygens (including phenoxy) is 2. The quantitative estimate of drug-likeness (QED) is 0.191. The molecule has 1 aliphatic rings. The fourth-order valence-electron chi connectivity index (χ4n) is 4.90. The van der Waals surface area contributed by atoms with E-state index >= 15 is 13.2 Å². The van der Waals surface area contributed by atoms with Crippen molar-refractivity contribution in [3.63, 3.8) is 0 Å². The molecule has 16 heteroatoms. The molecular formula is C34H32Cl3F4N3O6. The number of carbonyl (C=O) groups excluding carboxylic acids is 4. The topological polar surface area (TPSA) is 114 Å². The zero-order chi connectivity index (χ0) is 37.7. The highest BCUT2D eigenvalue weighted by Gasteiger charge is 2.67. The summed E-state index contributed by atoms with van der Waals surface area (Å²) in [6, 6.07) is 7.41. The van der Waals surface area contributed by atoms with Crippen LogP contribution in [-0.2, 0) is 14.3 Å². The molecule has 9 nitrogen and oxygen atoms in total. The SMILES string of the molecule is Cc1cc(NC(=O)[C@H]2[C@H](c3ccc(F)c(Cl)c3)C2(Cl)Cl)cc(C(=O)Nc2ccc(F)c(N(C(=O)OC(C)(C)C)C(=O)OC(C)(C)C)c2F)c1F. The Kier molecular flexibility index (Phi) is 10.8. The van der Waals surface area contributed by atoms with Crippen LogP contribution in [0.25, 0.3) is 0 Å². The number of amides is 4. The van der Waals surface area contributed by atoms with Gasteiger partial charge in [0.1, 0.15) is 32.9 Å². The van der Waals surface area contributed by atoms with Crippen molar-refractivity contribution >= 4 is 75.9 Å². The summed E-state index contributed by atoms with van der Waals surface area (Å²) >= 11 is 18.6. The summed E-state index contributed by atoms with van der Waals surface area (Å²) in [6.07, 6.45) is -2.95. The van der Waals surface area contributed by atoms with Gasteiger partial charge in [0.05, 0.1) is 22.2 Å². The molecule has 0 bridgehead atoms. The van der Waals surface area contributed by atoms with Crippen molar-refractivity contribution in [3.8, 4) is 0 Å². The number of rotatable bonds is 6. The number of alkyl halides is 2. The van der Waals surface area contributed by atoms with Gasteiger partial charge in [-0.2, -0.15) is 4.90 Å². The maximum absolute atomic E-state index is 16.0. The Labute approximate surface area is 300 Å². The van der Waals surface area contributed by atoms with Gasteiger partial charge in [-0.05, 0) is 96.0 Å². The van der Waals surface area contributed by atoms with Crippen LogP contribution in [0.3, 0.4) is 0 Å². The maximum Gasteiger partial charge on any atom is 0.424 e. The number of carbonyl (C=O) groups is 4. The van der Waals surface area contributed by atoms with E-state index in [9.17, 15) is 23.6 Å². The van der Waals surface area contributed by atoms with Gasteiger partial charge >= 0.3 is 12.2 Å². The van der Waals surface area contributed by atoms with Crippen molar-refractivity contribution in [1.29, 1.82) is 0 Å². The number of aryl methyl sites for hydroxylation is 1. The number of halogens is 7. The van der Waals surface area contributed by atoms with Crippen molar-refractivity contribution in [1.82, 2.24) is 0 Å². The van der Waals surface area contributed by atoms with E-state index < -0.39 is 91.6 Å². The molecule has 2 atom stereocenters. The molecule has 0 radical (unpaired) electrons. The monoisotopic (exact) mass is 759 g/mol. The Hall–Kier alpha value is -4.07. The van der Waals surface area contributed by atoms with Gasteiger partial charge in [-0.25, -0.2) is 27.2 Å². The third kappa shape index (κ3) is 8.44. The molecule has 0 unspecified atom stereocenters. The summed E-state index contributed by atoms with van der Waals surface area (Å²) in [7, 11) is 0. The molecule has 0 aromatic heterocycles. The van der Waals surface area contributed by atoms with Crippen LogP contribution < -0.4 is 15.5 Å². The molecule has 1 saturated carbocycles. The normalized spacial score (nSPS) is 16.7. The Bertz CT molecular complexity index is 1870. The summed E-state index contributed by atoms with van der Waals surface area (Å²) in [5.74, 6) is -8.46. The van der Waals surface area contributed by atoms with E-state index in [4.69, 9.17) is 44.3 Å². The maximum atomic E-state index is 16.0. The van der Waals surface area contributed by atoms with Crippen molar-refractivity contribution in [2.45, 2.75) is 69.9 Å². The number of hydrogen-bond donors (Lipinski definition) is 2. The first-order chi connectivity index (χ1) is 22.9. The molecule has 0 spiro atoms. The van der Waals surface area contributed by atoms with Crippen molar-refractivity contribution in [3.05, 3.63) is 87.4 Å². The highest BCUT2D eigenvalue weighted by molar-refractivity contribution is 6.53. The molecule has 1 aliphatic carbocycles. The molecule has 1 fully saturated rings. The first-order valence-electron chi connectivity index (χ1n) is 14.9. The molecule has 0 saturated heterocycles. The smallest absolute Gasteiger partial charge is 0.424 e. The number of nitrogens with zero attached hydrogens (tertiary/aromatic N) is 1. The second-order valence-electron chi connectivity index (χ2n) is 13.5. The van der Waals surface area contributed by atoms with Crippen LogP contribution in [0.2, 0.25) is 5.02 Å². The summed E-state index contributed by atoms with van der Waals surface area (Å²) in [6.45, 7) is 10.1. The van der Waals surface area contributed by atoms with Gasteiger partial charge in [0.25, 0.3) is 5.91 Å². The number of imide groups is 1. The highest BCUT2D eigenvalue weighted by Crippen LogP contribution is 2.65. The fourth-order valence-corrected chi connectivity index (χ4v) is 5.92. The second kappa shape index (κ2) is 13.9. The standard InChI is InChI=1S/C34H32Cl3F4N3O6/c1-15-12-17(42-29(46)24-23(34(24,36)37)16-8-9-20(38)19(35)13-16)14-18(25(15)40)28(45)43-22-11-10-21(39)27(26(22)41)44(30(47)49-32(2,3)4)31(48)50-33(5,6)7/h8-14,23-24H,1-7H3,(H,42,46)(H,43,45)/t23-,24+/m0/s1. The summed E-state index contributed by atoms with van der Waals surface area (Å²) in [4.78, 5) is 52.6. The fraction of sp³-hybridized carbons (Fsp3) is 0.353. The molecule has 0 aliphatic heterocycles. The van der Waals surface area contributed by atoms with Crippen molar-refractivity contribution in [2.75, 3.05) is 15.5 Å². The van der Waals surface area contributed by atoms with E-state index in [1.54, 1.807) is 0 Å². The minimum Gasteiger partial charge on any atom is -0.443 e. The lowest BCUT2D eigenvalue weighted by molar-refractivity contribution is -0.117. The zero-order valence-electron chi connectivity index (χ0n) is 27.7. The van der Waals surface area contributed by atoms with Crippen LogP contribution in [-0.4, -0.2) is 39.5 Å². The first-order valence-corrected chi connectivity index (χ1v) is 16.1. The van der Waals surface area contributed by atoms with Crippen LogP contribution in [0.5, 0.6) is 0 Å². The number of nitrogens with one attached hydrogen (secondary N) is 2. The Balaban J connectivity index is 1.63. The predicted octanol–water partition coefficient (Wildman–Crippen LogP) is 9.66. The third-order valence-corrected chi connectivity index (χ3v) is 8.33. The average molecular weight is 761 g/mol. The molecule has 0 heterocycles. The van der Waals surface area contributed by atoms with E-state index in [1.807, 2.05) is 0 Å². The second-order valence-corrected chi connectivity index (χ2v) is 15.3. The molecule has 3 aromatic carbocycles. The predicted molar refractivity (Wildman–Crippen MR) is 181 cm³/mol. The van der Waals surface area contributed by atoms with Gasteiger partial charge in [-0.1, -0.05) is 17.7 Å². The molecule has 2 N–H and O–H groups in total. The van der Waals surface area contributed by atoms with Gasteiger partial charge in [-0.3, -0.25) is 9.59 Å². The molecule has 4 rings (SSSR count). The largest absolute Gasteiger partial charge is 0.443 e. The van der Waals surface area contributed by atoms with Gasteiger partial charge in [0.2, 0.25) is 5.91 Å². The number of hydrogen-bond acceptors (Lipinski definition) is 6. The number of anilines is 3. The minimum atomic E-state index is -1.59. The van der Waals surface area contributed by atoms with Crippen LogP contribution in [0.4, 0.5) is 44.2 Å². The van der Waals surface area contributed by atoms with Crippen molar-refractivity contribution in [2.24, 2.45) is 5.92 Å². The lowest BCUT2D eigenvalue weighted by Gasteiger charge is -2.29. The molecular weight excluding hydrogens is 729 g/mol. The summed E-state index contributed by atoms with van der Waals surface area (Å²) < 4.78 is 68.8. The Morgan fingerprint density at radius 2 is 1.36 bits per heavy atom. The van der Waals surface area contributed by atoms with Gasteiger partial charge < -0.3 is 20.1 Å². The lowest BCUT2D eigenvalue weighted by Crippen LogP contribution is -2.44. The molecule has 268 valence electrons. The first kappa shape index (κ1) is 38.7. The Morgan fingerprint density at radius 3 is 1.90 bits per heavy atom. The van der Waals surface area contributed by atoms with Crippen LogP contribution in [0.15, 0.2) is 42.5 Å².